The van der Waals surface area contributed by atoms with E-state index in [1.54, 1.807) is 0 Å². The molecule has 0 amide bonds. The van der Waals surface area contributed by atoms with Gasteiger partial charge in [0.05, 0.1) is 12.2 Å². The van der Waals surface area contributed by atoms with Crippen LogP contribution in [-0.4, -0.2) is 43.5 Å². The maximum absolute atomic E-state index is 12.1. The van der Waals surface area contributed by atoms with E-state index in [9.17, 15) is 4.21 Å². The zero-order valence-corrected chi connectivity index (χ0v) is 17.1. The molecule has 142 valence electrons. The summed E-state index contributed by atoms with van der Waals surface area (Å²) in [5, 5.41) is 11.7. The van der Waals surface area contributed by atoms with Crippen molar-refractivity contribution in [1.82, 2.24) is 20.4 Å². The molecule has 0 bridgehead atoms. The molecule has 0 radical (unpaired) electrons. The predicted octanol–water partition coefficient (Wildman–Crippen LogP) is 2.17. The number of aryl methyl sites for hydroxylation is 2. The Morgan fingerprint density at radius 3 is 2.72 bits per heavy atom. The maximum atomic E-state index is 12.1. The van der Waals surface area contributed by atoms with Crippen molar-refractivity contribution in [3.63, 3.8) is 0 Å². The van der Waals surface area contributed by atoms with Crippen LogP contribution in [0.2, 0.25) is 0 Å². The normalized spacial score (nSPS) is 22.7. The van der Waals surface area contributed by atoms with Crippen LogP contribution in [0.15, 0.2) is 4.99 Å². The smallest absolute Gasteiger partial charge is 0.191 e. The summed E-state index contributed by atoms with van der Waals surface area (Å²) in [7, 11) is 1.27. The monoisotopic (exact) mass is 367 g/mol. The highest BCUT2D eigenvalue weighted by atomic mass is 32.2. The zero-order chi connectivity index (χ0) is 18.4. The first kappa shape index (κ1) is 19.9. The van der Waals surface area contributed by atoms with E-state index >= 15 is 0 Å². The van der Waals surface area contributed by atoms with Crippen molar-refractivity contribution in [3.05, 3.63) is 17.0 Å². The van der Waals surface area contributed by atoms with Gasteiger partial charge in [0.15, 0.2) is 5.96 Å². The molecule has 1 saturated carbocycles. The largest absolute Gasteiger partial charge is 0.357 e. The summed E-state index contributed by atoms with van der Waals surface area (Å²) in [5.41, 5.74) is 3.39. The average molecular weight is 368 g/mol. The average Bonchev–Trinajstić information content (AvgIpc) is 2.84. The fourth-order valence-electron chi connectivity index (χ4n) is 3.47. The second kappa shape index (κ2) is 9.36. The first-order valence-corrected chi connectivity index (χ1v) is 10.8. The Labute approximate surface area is 154 Å². The van der Waals surface area contributed by atoms with Gasteiger partial charge in [0, 0.05) is 52.7 Å². The van der Waals surface area contributed by atoms with E-state index in [0.29, 0.717) is 17.8 Å². The quantitative estimate of drug-likeness (QED) is 0.597. The van der Waals surface area contributed by atoms with Gasteiger partial charge >= 0.3 is 0 Å². The number of nitrogens with zero attached hydrogens (tertiary/aromatic N) is 3. The molecule has 1 heterocycles. The van der Waals surface area contributed by atoms with Crippen molar-refractivity contribution in [1.29, 1.82) is 0 Å². The van der Waals surface area contributed by atoms with Crippen LogP contribution < -0.4 is 10.6 Å². The number of hydrogen-bond donors (Lipinski definition) is 2. The lowest BCUT2D eigenvalue weighted by Gasteiger charge is -2.30. The van der Waals surface area contributed by atoms with E-state index in [2.05, 4.69) is 29.6 Å². The van der Waals surface area contributed by atoms with Crippen LogP contribution >= 0.6 is 0 Å². The van der Waals surface area contributed by atoms with Crippen LogP contribution in [-0.2, 0) is 24.4 Å². The number of nitrogens with one attached hydrogen (secondary N) is 2. The summed E-state index contributed by atoms with van der Waals surface area (Å²) < 4.78 is 14.0. The lowest BCUT2D eigenvalue weighted by Crippen LogP contribution is -2.46. The van der Waals surface area contributed by atoms with Crippen molar-refractivity contribution in [2.45, 2.75) is 71.2 Å². The first-order valence-electron chi connectivity index (χ1n) is 9.37. The van der Waals surface area contributed by atoms with Gasteiger partial charge in [-0.25, -0.2) is 4.99 Å². The molecule has 6 nitrogen and oxygen atoms in total. The van der Waals surface area contributed by atoms with Crippen molar-refractivity contribution in [2.75, 3.05) is 12.3 Å². The number of aliphatic imine (C=N–C) groups is 1. The number of aromatic nitrogens is 2. The Morgan fingerprint density at radius 1 is 1.36 bits per heavy atom. The third kappa shape index (κ3) is 5.30. The fourth-order valence-corrected chi connectivity index (χ4v) is 4.82. The van der Waals surface area contributed by atoms with Gasteiger partial charge in [-0.15, -0.1) is 0 Å². The van der Waals surface area contributed by atoms with Gasteiger partial charge < -0.3 is 10.6 Å². The molecule has 0 aromatic carbocycles. The molecular formula is C18H33N5OS. The highest BCUT2D eigenvalue weighted by Crippen LogP contribution is 2.23. The highest BCUT2D eigenvalue weighted by Gasteiger charge is 2.26. The minimum atomic E-state index is -0.701. The topological polar surface area (TPSA) is 71.3 Å². The second-order valence-corrected chi connectivity index (χ2v) is 8.77. The standard InChI is InChI=1S/C18H33N5OS/c1-6-19-18(20-12-17-13(3)22-23(5)14(17)4)21-15-9-8-10-16(11-15)25(24)7-2/h15-16H,6-12H2,1-5H3,(H2,19,20,21). The molecule has 2 rings (SSSR count). The van der Waals surface area contributed by atoms with Gasteiger partial charge in [0.2, 0.25) is 0 Å². The zero-order valence-electron chi connectivity index (χ0n) is 16.3. The third-order valence-corrected chi connectivity index (χ3v) is 6.76. The van der Waals surface area contributed by atoms with Crippen LogP contribution in [0.1, 0.15) is 56.5 Å². The van der Waals surface area contributed by atoms with Crippen LogP contribution in [0, 0.1) is 13.8 Å². The first-order chi connectivity index (χ1) is 12.0. The van der Waals surface area contributed by atoms with Crippen molar-refractivity contribution < 1.29 is 4.21 Å². The van der Waals surface area contributed by atoms with Gasteiger partial charge in [-0.1, -0.05) is 13.3 Å². The Bertz CT molecular complexity index is 625. The molecule has 3 unspecified atom stereocenters. The molecule has 1 aliphatic carbocycles. The number of rotatable bonds is 6. The van der Waals surface area contributed by atoms with Gasteiger partial charge in [-0.05, 0) is 40.0 Å². The molecule has 0 aliphatic heterocycles. The summed E-state index contributed by atoms with van der Waals surface area (Å²) in [6.45, 7) is 9.65. The van der Waals surface area contributed by atoms with Gasteiger partial charge in [0.25, 0.3) is 0 Å². The van der Waals surface area contributed by atoms with Crippen molar-refractivity contribution in [2.24, 2.45) is 12.0 Å². The molecule has 1 aromatic heterocycles. The van der Waals surface area contributed by atoms with E-state index in [-0.39, 0.29) is 0 Å². The minimum absolute atomic E-state index is 0.321. The van der Waals surface area contributed by atoms with E-state index in [0.717, 1.165) is 55.3 Å². The van der Waals surface area contributed by atoms with Gasteiger partial charge in [0.1, 0.15) is 0 Å². The number of hydrogen-bond acceptors (Lipinski definition) is 3. The molecule has 0 saturated heterocycles. The summed E-state index contributed by atoms with van der Waals surface area (Å²) in [6.07, 6.45) is 4.30. The summed E-state index contributed by atoms with van der Waals surface area (Å²) in [5.74, 6) is 1.60. The van der Waals surface area contributed by atoms with Crippen molar-refractivity contribution in [3.8, 4) is 0 Å². The third-order valence-electron chi connectivity index (χ3n) is 5.02. The molecule has 25 heavy (non-hydrogen) atoms. The molecule has 2 N–H and O–H groups in total. The Hall–Kier alpha value is -1.37. The molecular weight excluding hydrogens is 334 g/mol. The summed E-state index contributed by atoms with van der Waals surface area (Å²) in [6, 6.07) is 0.350. The molecule has 7 heteroatoms. The molecule has 1 aliphatic rings. The van der Waals surface area contributed by atoms with Crippen LogP contribution in [0.4, 0.5) is 0 Å². The van der Waals surface area contributed by atoms with Crippen molar-refractivity contribution >= 4 is 16.8 Å². The summed E-state index contributed by atoms with van der Waals surface area (Å²) >= 11 is 0. The minimum Gasteiger partial charge on any atom is -0.357 e. The molecule has 0 spiro atoms. The fraction of sp³-hybridized carbons (Fsp3) is 0.778. The van der Waals surface area contributed by atoms with Crippen LogP contribution in [0.25, 0.3) is 0 Å². The SMILES string of the molecule is CCNC(=NCc1c(C)nn(C)c1C)NC1CCCC(S(=O)CC)C1. The Morgan fingerprint density at radius 2 is 2.12 bits per heavy atom. The van der Waals surface area contributed by atoms with E-state index in [1.807, 2.05) is 25.6 Å². The van der Waals surface area contributed by atoms with E-state index < -0.39 is 10.8 Å². The number of guanidine groups is 1. The van der Waals surface area contributed by atoms with E-state index in [1.165, 1.54) is 5.56 Å². The Kier molecular flexibility index (Phi) is 7.47. The van der Waals surface area contributed by atoms with Crippen LogP contribution in [0.5, 0.6) is 0 Å². The van der Waals surface area contributed by atoms with Gasteiger partial charge in [-0.2, -0.15) is 5.10 Å². The molecule has 1 fully saturated rings. The predicted molar refractivity (Wildman–Crippen MR) is 105 cm³/mol. The molecule has 3 atom stereocenters. The lowest BCUT2D eigenvalue weighted by molar-refractivity contribution is 0.413. The van der Waals surface area contributed by atoms with E-state index in [4.69, 9.17) is 4.99 Å². The van der Waals surface area contributed by atoms with Gasteiger partial charge in [-0.3, -0.25) is 8.89 Å². The summed E-state index contributed by atoms with van der Waals surface area (Å²) in [4.78, 5) is 4.77. The van der Waals surface area contributed by atoms with Crippen LogP contribution in [0.3, 0.4) is 0 Å². The lowest BCUT2D eigenvalue weighted by atomic mass is 9.95. The highest BCUT2D eigenvalue weighted by molar-refractivity contribution is 7.85. The second-order valence-electron chi connectivity index (χ2n) is 6.77. The molecule has 1 aromatic rings. The Balaban J connectivity index is 2.03. The maximum Gasteiger partial charge on any atom is 0.191 e.